The van der Waals surface area contributed by atoms with Gasteiger partial charge in [0.1, 0.15) is 0 Å². The van der Waals surface area contributed by atoms with Crippen LogP contribution < -0.4 is 41.0 Å². The highest BCUT2D eigenvalue weighted by Gasteiger charge is 2.33. The zero-order valence-electron chi connectivity index (χ0n) is 57.2. The van der Waals surface area contributed by atoms with Gasteiger partial charge in [-0.3, -0.25) is 9.59 Å². The summed E-state index contributed by atoms with van der Waals surface area (Å²) in [6.45, 7) is 19.8. The van der Waals surface area contributed by atoms with Gasteiger partial charge in [-0.05, 0) is 121 Å². The van der Waals surface area contributed by atoms with Crippen molar-refractivity contribution in [3.63, 3.8) is 0 Å². The Balaban J connectivity index is 0.000000559. The minimum Gasteiger partial charge on any atom is -0.493 e. The lowest BCUT2D eigenvalue weighted by molar-refractivity contribution is -0.134. The van der Waals surface area contributed by atoms with E-state index in [1.165, 1.54) is 0 Å². The summed E-state index contributed by atoms with van der Waals surface area (Å²) in [5.41, 5.74) is 17.4. The van der Waals surface area contributed by atoms with E-state index in [1.54, 1.807) is 42.7 Å². The third-order valence-corrected chi connectivity index (χ3v) is 16.3. The van der Waals surface area contributed by atoms with E-state index < -0.39 is 36.2 Å². The number of nitrogens with one attached hydrogen (secondary N) is 2. The lowest BCUT2D eigenvalue weighted by Crippen LogP contribution is -2.43. The Morgan fingerprint density at radius 1 is 0.457 bits per heavy atom. The summed E-state index contributed by atoms with van der Waals surface area (Å²) in [6, 6.07) is 30.2. The van der Waals surface area contributed by atoms with Crippen molar-refractivity contribution < 1.29 is 77.5 Å². The van der Waals surface area contributed by atoms with Gasteiger partial charge in [0, 0.05) is 90.6 Å². The van der Waals surface area contributed by atoms with Gasteiger partial charge < -0.3 is 80.4 Å². The van der Waals surface area contributed by atoms with Crippen molar-refractivity contribution >= 4 is 23.8 Å². The molecule has 0 fully saturated rings. The second-order valence-electron chi connectivity index (χ2n) is 24.7. The van der Waals surface area contributed by atoms with E-state index in [1.807, 2.05) is 113 Å². The van der Waals surface area contributed by atoms with Gasteiger partial charge in [-0.2, -0.15) is 0 Å². The number of aliphatic carboxylic acids is 2. The Morgan fingerprint density at radius 2 is 0.804 bits per heavy atom. The summed E-state index contributed by atoms with van der Waals surface area (Å²) in [7, 11) is 9.88. The quantitative estimate of drug-likeness (QED) is 0.0151. The molecule has 0 saturated heterocycles. The van der Waals surface area contributed by atoms with Crippen LogP contribution in [0, 0.1) is 47.3 Å². The van der Waals surface area contributed by atoms with Crippen molar-refractivity contribution in [2.24, 2.45) is 58.8 Å². The molecular weight excluding hydrogens is 1180 g/mol. The fourth-order valence-corrected chi connectivity index (χ4v) is 10.6. The van der Waals surface area contributed by atoms with Crippen LogP contribution in [0.25, 0.3) is 0 Å². The number of ether oxygens (including phenoxy) is 8. The van der Waals surface area contributed by atoms with Crippen LogP contribution in [-0.2, 0) is 51.0 Å². The van der Waals surface area contributed by atoms with Gasteiger partial charge in [-0.25, -0.2) is 9.59 Å². The first-order chi connectivity index (χ1) is 43.8. The molecule has 4 rings (SSSR count). The van der Waals surface area contributed by atoms with Gasteiger partial charge in [0.2, 0.25) is 11.8 Å². The normalized spacial score (nSPS) is 14.7. The van der Waals surface area contributed by atoms with Crippen LogP contribution in [-0.4, -0.2) is 151 Å². The molecule has 0 aliphatic heterocycles. The Kier molecular flexibility index (Phi) is 40.4. The fourth-order valence-electron chi connectivity index (χ4n) is 10.6. The molecule has 4 aromatic carbocycles. The minimum atomic E-state index is -1.26. The van der Waals surface area contributed by atoms with Crippen LogP contribution in [0.4, 0.5) is 0 Å². The molecule has 20 nitrogen and oxygen atoms in total. The molecule has 20 heteroatoms. The van der Waals surface area contributed by atoms with Crippen molar-refractivity contribution in [3.05, 3.63) is 131 Å². The Morgan fingerprint density at radius 3 is 1.09 bits per heavy atom. The number of rotatable bonds is 42. The molecule has 516 valence electrons. The standard InChI is InChI=1S/2C34H54N2O6.C4H4O4/c2*1-23(2)27(18-25-14-15-32(41-7)33(19-25)42-17-11-16-39-5)20-29(35)31(37)21-28(24(3)4)34(38)36-30(22-40-6)26-12-9-8-10-13-26;5-3(6)1-2-4(7)8/h2*8-10,12-15,19,23-24,27-31,37H,11,16-18,20-22,35H2,1-7H3,(H,36,38);1-2H,(H,5,6)(H,7,8)/b;;2-1+/t2*27-,28-,29-,30+,31-;/m00./s1. The first-order valence-electron chi connectivity index (χ1n) is 32.1. The van der Waals surface area contributed by atoms with E-state index >= 15 is 0 Å². The first-order valence-corrected chi connectivity index (χ1v) is 32.1. The van der Waals surface area contributed by atoms with Crippen LogP contribution in [0.1, 0.15) is 128 Å². The Hall–Kier alpha value is -6.62. The molecule has 92 heavy (non-hydrogen) atoms. The van der Waals surface area contributed by atoms with Gasteiger partial charge in [0.15, 0.2) is 23.0 Å². The molecular formula is C72H112N4O16. The van der Waals surface area contributed by atoms with Gasteiger partial charge in [0.05, 0.1) is 64.9 Å². The van der Waals surface area contributed by atoms with E-state index in [-0.39, 0.29) is 59.4 Å². The third kappa shape index (κ3) is 31.3. The first kappa shape index (κ1) is 81.5. The molecule has 10 atom stereocenters. The van der Waals surface area contributed by atoms with Crippen LogP contribution in [0.5, 0.6) is 23.0 Å². The fraction of sp³-hybridized carbons (Fsp3) is 0.583. The number of aliphatic hydroxyl groups is 2. The summed E-state index contributed by atoms with van der Waals surface area (Å²) in [5.74, 6) is 0.584. The number of carbonyl (C=O) groups is 4. The van der Waals surface area contributed by atoms with Crippen LogP contribution in [0.15, 0.2) is 109 Å². The number of nitrogens with two attached hydrogens (primary N) is 2. The maximum absolute atomic E-state index is 13.4. The maximum Gasteiger partial charge on any atom is 0.328 e. The molecule has 2 amide bonds. The molecule has 0 bridgehead atoms. The topological polar surface area (TPSA) is 299 Å². The average molecular weight is 1290 g/mol. The number of benzene rings is 4. The summed E-state index contributed by atoms with van der Waals surface area (Å²) < 4.78 is 43.9. The SMILES string of the molecule is COCCCOc1cc(C[C@@H](C[C@H](N)[C@@H](O)C[C@H](C(=O)N[C@H](COC)c2ccccc2)C(C)C)C(C)C)ccc1OC.COCCCOc1cc(C[C@@H](C[C@H](N)[C@@H](O)C[C@H](C(=O)N[C@H](COC)c2ccccc2)C(C)C)C(C)C)ccc1OC.O=C(O)/C=C/C(=O)O. The predicted octanol–water partition coefficient (Wildman–Crippen LogP) is 10.1. The van der Waals surface area contributed by atoms with E-state index in [0.29, 0.717) is 112 Å². The van der Waals surface area contributed by atoms with E-state index in [2.05, 4.69) is 50.5 Å². The molecule has 0 unspecified atom stereocenters. The lowest BCUT2D eigenvalue weighted by Gasteiger charge is -2.31. The number of hydrogen-bond donors (Lipinski definition) is 8. The summed E-state index contributed by atoms with van der Waals surface area (Å²) in [6.07, 6.45) is 4.54. The van der Waals surface area contributed by atoms with Crippen molar-refractivity contribution in [1.29, 1.82) is 0 Å². The predicted molar refractivity (Wildman–Crippen MR) is 360 cm³/mol. The monoisotopic (exact) mass is 1290 g/mol. The van der Waals surface area contributed by atoms with Gasteiger partial charge in [-0.15, -0.1) is 0 Å². The van der Waals surface area contributed by atoms with E-state index in [9.17, 15) is 29.4 Å². The van der Waals surface area contributed by atoms with Crippen LogP contribution >= 0.6 is 0 Å². The minimum absolute atomic E-state index is 0.0355. The number of methoxy groups -OCH3 is 6. The van der Waals surface area contributed by atoms with E-state index in [0.717, 1.165) is 47.9 Å². The molecule has 10 N–H and O–H groups in total. The number of carboxylic acids is 2. The number of aliphatic hydroxyl groups excluding tert-OH is 2. The Labute approximate surface area is 548 Å². The zero-order chi connectivity index (χ0) is 68.7. The van der Waals surface area contributed by atoms with Crippen molar-refractivity contribution in [3.8, 4) is 23.0 Å². The van der Waals surface area contributed by atoms with Crippen molar-refractivity contribution in [1.82, 2.24) is 10.6 Å². The zero-order valence-corrected chi connectivity index (χ0v) is 57.2. The van der Waals surface area contributed by atoms with Crippen molar-refractivity contribution in [2.45, 2.75) is 143 Å². The molecule has 0 aromatic heterocycles. The van der Waals surface area contributed by atoms with Gasteiger partial charge >= 0.3 is 11.9 Å². The summed E-state index contributed by atoms with van der Waals surface area (Å²) in [4.78, 5) is 45.9. The van der Waals surface area contributed by atoms with Gasteiger partial charge in [0.25, 0.3) is 0 Å². The van der Waals surface area contributed by atoms with Crippen LogP contribution in [0.2, 0.25) is 0 Å². The molecule has 0 heterocycles. The number of hydrogen-bond acceptors (Lipinski definition) is 16. The summed E-state index contributed by atoms with van der Waals surface area (Å²) >= 11 is 0. The van der Waals surface area contributed by atoms with Crippen LogP contribution in [0.3, 0.4) is 0 Å². The largest absolute Gasteiger partial charge is 0.493 e. The molecule has 0 radical (unpaired) electrons. The second kappa shape index (κ2) is 45.6. The number of carbonyl (C=O) groups excluding carboxylic acids is 2. The highest BCUT2D eigenvalue weighted by atomic mass is 16.5. The van der Waals surface area contributed by atoms with Gasteiger partial charge in [-0.1, -0.05) is 128 Å². The second-order valence-corrected chi connectivity index (χ2v) is 24.7. The lowest BCUT2D eigenvalue weighted by atomic mass is 9.80. The van der Waals surface area contributed by atoms with E-state index in [4.69, 9.17) is 59.6 Å². The molecule has 0 spiro atoms. The highest BCUT2D eigenvalue weighted by Crippen LogP contribution is 2.34. The average Bonchev–Trinajstić information content (AvgIpc) is 1.43. The molecule has 0 aliphatic rings. The summed E-state index contributed by atoms with van der Waals surface area (Å²) in [5, 5.41) is 44.3. The highest BCUT2D eigenvalue weighted by molar-refractivity contribution is 5.89. The maximum atomic E-state index is 13.4. The molecule has 0 saturated carbocycles. The number of amides is 2. The number of carboxylic acid groups (broad SMARTS) is 2. The molecule has 4 aromatic rings. The van der Waals surface area contributed by atoms with Crippen molar-refractivity contribution in [2.75, 3.05) is 82.3 Å². The third-order valence-electron chi connectivity index (χ3n) is 16.3. The molecule has 0 aliphatic carbocycles. The smallest absolute Gasteiger partial charge is 0.328 e. The Bertz CT molecular complexity index is 2510.